The number of hydrogen-bond donors (Lipinski definition) is 1. The Morgan fingerprint density at radius 2 is 2.31 bits per heavy atom. The molecule has 0 amide bonds. The van der Waals surface area contributed by atoms with Crippen LogP contribution >= 0.6 is 11.8 Å². The Bertz CT molecular complexity index is 573. The Balaban J connectivity index is 2.87. The minimum Gasteiger partial charge on any atom is -0.500 e. The second-order valence-corrected chi connectivity index (χ2v) is 3.74. The fourth-order valence-electron chi connectivity index (χ4n) is 1.35. The third kappa shape index (κ3) is 1.54. The summed E-state index contributed by atoms with van der Waals surface area (Å²) in [5.41, 5.74) is 0.195. The van der Waals surface area contributed by atoms with Crippen LogP contribution in [0.15, 0.2) is 23.4 Å². The minimum atomic E-state index is -0.651. The smallest absolute Gasteiger partial charge is 0.344 e. The maximum atomic E-state index is 10.8. The van der Waals surface area contributed by atoms with Gasteiger partial charge >= 0.3 is 5.69 Å². The van der Waals surface area contributed by atoms with E-state index in [1.54, 1.807) is 18.4 Å². The lowest BCUT2D eigenvalue weighted by Crippen LogP contribution is -1.96. The summed E-state index contributed by atoms with van der Waals surface area (Å²) in [6, 6.07) is 3.30. The van der Waals surface area contributed by atoms with Gasteiger partial charge in [0.25, 0.3) is 0 Å². The first-order valence-electron chi connectivity index (χ1n) is 4.31. The maximum absolute atomic E-state index is 10.8. The van der Waals surface area contributed by atoms with Crippen LogP contribution in [0.3, 0.4) is 0 Å². The molecule has 2 aromatic heterocycles. The highest BCUT2D eigenvalue weighted by atomic mass is 32.2. The van der Waals surface area contributed by atoms with Crippen molar-refractivity contribution in [3.8, 4) is 5.75 Å². The molecule has 0 saturated heterocycles. The first kappa shape index (κ1) is 10.6. The van der Waals surface area contributed by atoms with E-state index in [0.717, 1.165) is 11.8 Å². The van der Waals surface area contributed by atoms with Crippen LogP contribution in [0.2, 0.25) is 0 Å². The molecule has 0 atom stereocenters. The molecule has 0 aliphatic carbocycles. The second-order valence-electron chi connectivity index (χ2n) is 2.95. The first-order valence-corrected chi connectivity index (χ1v) is 5.53. The largest absolute Gasteiger partial charge is 0.500 e. The van der Waals surface area contributed by atoms with E-state index in [-0.39, 0.29) is 10.5 Å². The Kier molecular flexibility index (Phi) is 2.61. The standard InChI is InChI=1S/C9H7N3O3S/c1-16-9-7(12(14)15)8(13)6-5(11-9)3-2-4-10-6/h2-4H,1H3,(H,11,13). The summed E-state index contributed by atoms with van der Waals surface area (Å²) in [5, 5.41) is 20.8. The summed E-state index contributed by atoms with van der Waals surface area (Å²) in [6.45, 7) is 0. The molecule has 0 radical (unpaired) electrons. The molecule has 0 bridgehead atoms. The van der Waals surface area contributed by atoms with Crippen molar-refractivity contribution >= 4 is 28.5 Å². The van der Waals surface area contributed by atoms with Gasteiger partial charge in [0.2, 0.25) is 5.75 Å². The molecule has 0 fully saturated rings. The topological polar surface area (TPSA) is 89.2 Å². The Morgan fingerprint density at radius 3 is 2.94 bits per heavy atom. The van der Waals surface area contributed by atoms with Crippen molar-refractivity contribution in [2.24, 2.45) is 0 Å². The molecule has 82 valence electrons. The highest BCUT2D eigenvalue weighted by Crippen LogP contribution is 2.38. The van der Waals surface area contributed by atoms with Gasteiger partial charge in [-0.25, -0.2) is 4.98 Å². The molecule has 16 heavy (non-hydrogen) atoms. The molecule has 2 rings (SSSR count). The molecule has 0 aliphatic rings. The van der Waals surface area contributed by atoms with Crippen LogP contribution in [0.5, 0.6) is 5.75 Å². The summed E-state index contributed by atoms with van der Waals surface area (Å²) in [5.74, 6) is -0.431. The highest BCUT2D eigenvalue weighted by molar-refractivity contribution is 7.98. The zero-order valence-electron chi connectivity index (χ0n) is 8.25. The predicted octanol–water partition coefficient (Wildman–Crippen LogP) is 1.97. The molecular formula is C9H7N3O3S. The van der Waals surface area contributed by atoms with E-state index in [2.05, 4.69) is 9.97 Å². The zero-order chi connectivity index (χ0) is 11.7. The molecule has 2 aromatic rings. The van der Waals surface area contributed by atoms with Gasteiger partial charge in [-0.2, -0.15) is 0 Å². The van der Waals surface area contributed by atoms with E-state index < -0.39 is 16.4 Å². The lowest BCUT2D eigenvalue weighted by atomic mass is 10.3. The molecular weight excluding hydrogens is 230 g/mol. The second kappa shape index (κ2) is 3.93. The van der Waals surface area contributed by atoms with E-state index in [9.17, 15) is 15.2 Å². The number of thioether (sulfide) groups is 1. The molecule has 0 aromatic carbocycles. The van der Waals surface area contributed by atoms with E-state index >= 15 is 0 Å². The fraction of sp³-hybridized carbons (Fsp3) is 0.111. The lowest BCUT2D eigenvalue weighted by molar-refractivity contribution is -0.389. The van der Waals surface area contributed by atoms with Crippen LogP contribution in [0, 0.1) is 10.1 Å². The van der Waals surface area contributed by atoms with Gasteiger partial charge < -0.3 is 5.11 Å². The molecule has 1 N–H and O–H groups in total. The Hall–Kier alpha value is -1.89. The number of nitrogens with zero attached hydrogens (tertiary/aromatic N) is 3. The van der Waals surface area contributed by atoms with Crippen LogP contribution in [-0.2, 0) is 0 Å². The average Bonchev–Trinajstić information content (AvgIpc) is 2.28. The number of fused-ring (bicyclic) bond motifs is 1. The molecule has 6 nitrogen and oxygen atoms in total. The van der Waals surface area contributed by atoms with Crippen molar-refractivity contribution in [1.29, 1.82) is 0 Å². The average molecular weight is 237 g/mol. The van der Waals surface area contributed by atoms with Crippen LogP contribution in [-0.4, -0.2) is 26.3 Å². The summed E-state index contributed by atoms with van der Waals surface area (Å²) in [4.78, 5) is 18.1. The van der Waals surface area contributed by atoms with Gasteiger partial charge in [-0.15, -0.1) is 11.8 Å². The van der Waals surface area contributed by atoms with Crippen LogP contribution in [0.4, 0.5) is 5.69 Å². The van der Waals surface area contributed by atoms with Gasteiger partial charge in [-0.1, -0.05) is 0 Å². The number of aromatic nitrogens is 2. The fourth-order valence-corrected chi connectivity index (χ4v) is 1.91. The Labute approximate surface area is 94.5 Å². The molecule has 2 heterocycles. The van der Waals surface area contributed by atoms with Crippen molar-refractivity contribution in [1.82, 2.24) is 9.97 Å². The number of aromatic hydroxyl groups is 1. The molecule has 0 saturated carbocycles. The van der Waals surface area contributed by atoms with Gasteiger partial charge in [0.1, 0.15) is 5.52 Å². The normalized spacial score (nSPS) is 10.6. The molecule has 0 spiro atoms. The van der Waals surface area contributed by atoms with Gasteiger partial charge in [-0.05, 0) is 18.4 Å². The first-order chi connectivity index (χ1) is 7.65. The molecule has 7 heteroatoms. The van der Waals surface area contributed by atoms with Crippen LogP contribution < -0.4 is 0 Å². The van der Waals surface area contributed by atoms with Crippen molar-refractivity contribution in [2.45, 2.75) is 5.03 Å². The third-order valence-corrected chi connectivity index (χ3v) is 2.71. The SMILES string of the molecule is CSc1nc2cccnc2c(O)c1[N+](=O)[O-]. The van der Waals surface area contributed by atoms with E-state index in [0.29, 0.717) is 5.52 Å². The number of hydrogen-bond acceptors (Lipinski definition) is 6. The monoisotopic (exact) mass is 237 g/mol. The summed E-state index contributed by atoms with van der Waals surface area (Å²) < 4.78 is 0. The van der Waals surface area contributed by atoms with Gasteiger partial charge in [0.15, 0.2) is 5.03 Å². The zero-order valence-corrected chi connectivity index (χ0v) is 9.06. The van der Waals surface area contributed by atoms with Crippen LogP contribution in [0.25, 0.3) is 11.0 Å². The van der Waals surface area contributed by atoms with Gasteiger partial charge in [0.05, 0.1) is 10.4 Å². The highest BCUT2D eigenvalue weighted by Gasteiger charge is 2.24. The Morgan fingerprint density at radius 1 is 1.56 bits per heavy atom. The van der Waals surface area contributed by atoms with Crippen molar-refractivity contribution in [3.05, 3.63) is 28.4 Å². The van der Waals surface area contributed by atoms with E-state index in [1.165, 1.54) is 6.20 Å². The molecule has 0 unspecified atom stereocenters. The third-order valence-electron chi connectivity index (χ3n) is 2.04. The quantitative estimate of drug-likeness (QED) is 0.488. The number of pyridine rings is 2. The van der Waals surface area contributed by atoms with Crippen molar-refractivity contribution in [3.63, 3.8) is 0 Å². The van der Waals surface area contributed by atoms with E-state index in [1.807, 2.05) is 0 Å². The summed E-state index contributed by atoms with van der Waals surface area (Å²) in [7, 11) is 0. The number of nitro groups is 1. The van der Waals surface area contributed by atoms with Crippen molar-refractivity contribution < 1.29 is 10.0 Å². The summed E-state index contributed by atoms with van der Waals surface area (Å²) >= 11 is 1.11. The number of rotatable bonds is 2. The van der Waals surface area contributed by atoms with Crippen LogP contribution in [0.1, 0.15) is 0 Å². The predicted molar refractivity (Wildman–Crippen MR) is 59.6 cm³/mol. The van der Waals surface area contributed by atoms with Crippen molar-refractivity contribution in [2.75, 3.05) is 6.26 Å². The van der Waals surface area contributed by atoms with E-state index in [4.69, 9.17) is 0 Å². The minimum absolute atomic E-state index is 0.145. The lowest BCUT2D eigenvalue weighted by Gasteiger charge is -2.03. The molecule has 0 aliphatic heterocycles. The maximum Gasteiger partial charge on any atom is 0.344 e. The van der Waals surface area contributed by atoms with Gasteiger partial charge in [-0.3, -0.25) is 15.1 Å². The summed E-state index contributed by atoms with van der Waals surface area (Å²) in [6.07, 6.45) is 3.11. The van der Waals surface area contributed by atoms with Gasteiger partial charge in [0, 0.05) is 6.20 Å².